The van der Waals surface area contributed by atoms with Crippen molar-refractivity contribution in [2.45, 2.75) is 65.7 Å². The second-order valence-corrected chi connectivity index (χ2v) is 8.83. The van der Waals surface area contributed by atoms with Gasteiger partial charge in [-0.1, -0.05) is 77.1 Å². The van der Waals surface area contributed by atoms with Crippen LogP contribution >= 0.6 is 0 Å². The van der Waals surface area contributed by atoms with Gasteiger partial charge in [-0.05, 0) is 53.6 Å². The Morgan fingerprint density at radius 1 is 0.862 bits per heavy atom. The smallest absolute Gasteiger partial charge is 0.314 e. The molecule has 156 valence electrons. The van der Waals surface area contributed by atoms with Crippen molar-refractivity contribution >= 4 is 5.97 Å². The minimum atomic E-state index is -0.116. The second-order valence-electron chi connectivity index (χ2n) is 8.83. The van der Waals surface area contributed by atoms with Gasteiger partial charge in [-0.15, -0.1) is 0 Å². The molecule has 1 unspecified atom stereocenters. The molecule has 3 rings (SSSR count). The number of esters is 1. The second kappa shape index (κ2) is 9.96. The van der Waals surface area contributed by atoms with Gasteiger partial charge in [0.1, 0.15) is 11.5 Å². The molecule has 3 heteroatoms. The van der Waals surface area contributed by atoms with E-state index in [9.17, 15) is 4.79 Å². The summed E-state index contributed by atoms with van der Waals surface area (Å²) in [6.45, 7) is 7.22. The molecule has 2 aromatic rings. The predicted molar refractivity (Wildman–Crippen MR) is 118 cm³/mol. The third-order valence-corrected chi connectivity index (χ3v) is 5.82. The summed E-state index contributed by atoms with van der Waals surface area (Å²) in [6.07, 6.45) is 8.54. The number of hydrogen-bond donors (Lipinski definition) is 0. The van der Waals surface area contributed by atoms with Crippen molar-refractivity contribution < 1.29 is 14.3 Å². The van der Waals surface area contributed by atoms with Gasteiger partial charge in [0.2, 0.25) is 0 Å². The summed E-state index contributed by atoms with van der Waals surface area (Å²) in [4.78, 5) is 12.1. The summed E-state index contributed by atoms with van der Waals surface area (Å²) in [5.74, 6) is 1.45. The Kier molecular flexibility index (Phi) is 7.35. The molecule has 3 nitrogen and oxygen atoms in total. The highest BCUT2D eigenvalue weighted by Crippen LogP contribution is 2.52. The van der Waals surface area contributed by atoms with Crippen molar-refractivity contribution in [1.82, 2.24) is 0 Å². The van der Waals surface area contributed by atoms with Crippen molar-refractivity contribution in [2.75, 3.05) is 6.61 Å². The molecule has 0 aromatic heterocycles. The van der Waals surface area contributed by atoms with Gasteiger partial charge in [0, 0.05) is 0 Å². The quantitative estimate of drug-likeness (QED) is 0.233. The molecular weight excluding hydrogens is 360 g/mol. The minimum Gasteiger partial charge on any atom is -0.494 e. The van der Waals surface area contributed by atoms with E-state index in [4.69, 9.17) is 9.47 Å². The van der Waals surface area contributed by atoms with Crippen molar-refractivity contribution in [3.8, 4) is 22.6 Å². The standard InChI is InChI=1S/C26H34O3/c1-4-5-6-7-8-9-18-28-22-14-10-20(11-15-22)21-12-16-23(17-13-21)29-25(27)24-19-26(24,2)3/h10-17,24H,4-9,18-19H2,1-3H3. The van der Waals surface area contributed by atoms with E-state index in [1.165, 1.54) is 32.1 Å². The molecule has 0 spiro atoms. The molecule has 0 heterocycles. The monoisotopic (exact) mass is 394 g/mol. The van der Waals surface area contributed by atoms with Crippen LogP contribution in [0.15, 0.2) is 48.5 Å². The molecule has 1 fully saturated rings. The number of benzene rings is 2. The number of ether oxygens (including phenoxy) is 2. The van der Waals surface area contributed by atoms with Gasteiger partial charge in [0.15, 0.2) is 0 Å². The largest absolute Gasteiger partial charge is 0.494 e. The van der Waals surface area contributed by atoms with Gasteiger partial charge < -0.3 is 9.47 Å². The van der Waals surface area contributed by atoms with Gasteiger partial charge in [0.25, 0.3) is 0 Å². The van der Waals surface area contributed by atoms with Gasteiger partial charge in [-0.3, -0.25) is 4.79 Å². The molecule has 2 aromatic carbocycles. The summed E-state index contributed by atoms with van der Waals surface area (Å²) < 4.78 is 11.4. The van der Waals surface area contributed by atoms with Crippen LogP contribution in [0.4, 0.5) is 0 Å². The highest BCUT2D eigenvalue weighted by atomic mass is 16.5. The van der Waals surface area contributed by atoms with Crippen molar-refractivity contribution in [2.24, 2.45) is 11.3 Å². The van der Waals surface area contributed by atoms with E-state index in [2.05, 4.69) is 32.9 Å². The first-order valence-corrected chi connectivity index (χ1v) is 11.0. The number of carbonyl (C=O) groups is 1. The fourth-order valence-corrected chi connectivity index (χ4v) is 3.59. The highest BCUT2D eigenvalue weighted by Gasteiger charge is 2.51. The lowest BCUT2D eigenvalue weighted by molar-refractivity contribution is -0.136. The lowest BCUT2D eigenvalue weighted by atomic mass is 10.1. The maximum Gasteiger partial charge on any atom is 0.314 e. The van der Waals surface area contributed by atoms with Crippen LogP contribution < -0.4 is 9.47 Å². The summed E-state index contributed by atoms with van der Waals surface area (Å²) in [5, 5.41) is 0. The van der Waals surface area contributed by atoms with Crippen LogP contribution in [-0.2, 0) is 4.79 Å². The molecule has 1 aliphatic carbocycles. The van der Waals surface area contributed by atoms with E-state index in [1.54, 1.807) is 0 Å². The van der Waals surface area contributed by atoms with Crippen molar-refractivity contribution in [3.05, 3.63) is 48.5 Å². The molecule has 0 saturated heterocycles. The van der Waals surface area contributed by atoms with Crippen LogP contribution in [0, 0.1) is 11.3 Å². The molecule has 0 amide bonds. The maximum absolute atomic E-state index is 12.1. The average molecular weight is 395 g/mol. The minimum absolute atomic E-state index is 0.0334. The third kappa shape index (κ3) is 6.35. The van der Waals surface area contributed by atoms with E-state index in [0.29, 0.717) is 5.75 Å². The van der Waals surface area contributed by atoms with E-state index >= 15 is 0 Å². The number of carbonyl (C=O) groups excluding carboxylic acids is 1. The first-order chi connectivity index (χ1) is 14.0. The molecule has 0 radical (unpaired) electrons. The first-order valence-electron chi connectivity index (χ1n) is 11.0. The Labute approximate surface area is 175 Å². The Morgan fingerprint density at radius 2 is 1.38 bits per heavy atom. The summed E-state index contributed by atoms with van der Waals surface area (Å²) >= 11 is 0. The van der Waals surface area contributed by atoms with E-state index in [-0.39, 0.29) is 17.3 Å². The fourth-order valence-electron chi connectivity index (χ4n) is 3.59. The maximum atomic E-state index is 12.1. The molecule has 1 aliphatic rings. The summed E-state index contributed by atoms with van der Waals surface area (Å²) in [7, 11) is 0. The fraction of sp³-hybridized carbons (Fsp3) is 0.500. The lowest BCUT2D eigenvalue weighted by Gasteiger charge is -2.09. The van der Waals surface area contributed by atoms with Crippen LogP contribution in [0.3, 0.4) is 0 Å². The Morgan fingerprint density at radius 3 is 1.93 bits per heavy atom. The van der Waals surface area contributed by atoms with Crippen molar-refractivity contribution in [1.29, 1.82) is 0 Å². The molecule has 29 heavy (non-hydrogen) atoms. The van der Waals surface area contributed by atoms with Crippen LogP contribution in [0.25, 0.3) is 11.1 Å². The summed E-state index contributed by atoms with van der Waals surface area (Å²) in [5.41, 5.74) is 2.31. The predicted octanol–water partition coefficient (Wildman–Crippen LogP) is 7.04. The van der Waals surface area contributed by atoms with E-state index in [0.717, 1.165) is 36.3 Å². The first kappa shape index (κ1) is 21.4. The van der Waals surface area contributed by atoms with Crippen LogP contribution in [0.2, 0.25) is 0 Å². The van der Waals surface area contributed by atoms with Gasteiger partial charge in [-0.25, -0.2) is 0 Å². The Hall–Kier alpha value is -2.29. The molecule has 0 N–H and O–H groups in total. The van der Waals surface area contributed by atoms with Crippen molar-refractivity contribution in [3.63, 3.8) is 0 Å². The highest BCUT2D eigenvalue weighted by molar-refractivity contribution is 5.79. The van der Waals surface area contributed by atoms with Gasteiger partial charge in [-0.2, -0.15) is 0 Å². The zero-order valence-electron chi connectivity index (χ0n) is 18.1. The third-order valence-electron chi connectivity index (χ3n) is 5.82. The zero-order chi connectivity index (χ0) is 20.7. The van der Waals surface area contributed by atoms with Gasteiger partial charge in [0.05, 0.1) is 12.5 Å². The molecule has 0 aliphatic heterocycles. The Balaban J connectivity index is 1.44. The van der Waals surface area contributed by atoms with Gasteiger partial charge >= 0.3 is 5.97 Å². The van der Waals surface area contributed by atoms with Crippen LogP contribution in [-0.4, -0.2) is 12.6 Å². The number of unbranched alkanes of at least 4 members (excludes halogenated alkanes) is 5. The van der Waals surface area contributed by atoms with Crippen LogP contribution in [0.1, 0.15) is 65.7 Å². The molecule has 0 bridgehead atoms. The average Bonchev–Trinajstić information content (AvgIpc) is 3.37. The Bertz CT molecular complexity index is 775. The topological polar surface area (TPSA) is 35.5 Å². The molecule has 1 atom stereocenters. The van der Waals surface area contributed by atoms with E-state index < -0.39 is 0 Å². The van der Waals surface area contributed by atoms with E-state index in [1.807, 2.05) is 36.4 Å². The summed E-state index contributed by atoms with van der Waals surface area (Å²) in [6, 6.07) is 15.9. The normalized spacial score (nSPS) is 17.0. The lowest BCUT2D eigenvalue weighted by Crippen LogP contribution is -2.13. The number of hydrogen-bond acceptors (Lipinski definition) is 3. The number of rotatable bonds is 11. The molecule has 1 saturated carbocycles. The van der Waals surface area contributed by atoms with Crippen LogP contribution in [0.5, 0.6) is 11.5 Å². The SMILES string of the molecule is CCCCCCCCOc1ccc(-c2ccc(OC(=O)C3CC3(C)C)cc2)cc1. The molecular formula is C26H34O3. The zero-order valence-corrected chi connectivity index (χ0v) is 18.1.